The number of aromatic nitrogens is 3. The summed E-state index contributed by atoms with van der Waals surface area (Å²) in [5, 5.41) is 7.50. The summed E-state index contributed by atoms with van der Waals surface area (Å²) in [5.41, 5.74) is 0.954. The number of rotatable bonds is 8. The first-order valence-electron chi connectivity index (χ1n) is 7.94. The molecule has 0 saturated carbocycles. The largest absolute Gasteiger partial charge is 0.492 e. The zero-order chi connectivity index (χ0) is 17.6. The van der Waals surface area contributed by atoms with E-state index in [-0.39, 0.29) is 0 Å². The monoisotopic (exact) mass is 376 g/mol. The summed E-state index contributed by atoms with van der Waals surface area (Å²) < 4.78 is 13.0. The van der Waals surface area contributed by atoms with E-state index in [2.05, 4.69) is 15.0 Å². The van der Waals surface area contributed by atoms with Crippen LogP contribution in [0, 0.1) is 11.8 Å². The SMILES string of the molecule is Cc1nc(Cc2nn(CN(C)CCOc3ccccc3)c(=S)o2)cs1. The van der Waals surface area contributed by atoms with Gasteiger partial charge < -0.3 is 9.15 Å². The number of hydrogen-bond donors (Lipinski definition) is 0. The molecule has 6 nitrogen and oxygen atoms in total. The predicted molar refractivity (Wildman–Crippen MR) is 99.6 cm³/mol. The average molecular weight is 377 g/mol. The topological polar surface area (TPSA) is 56.3 Å². The predicted octanol–water partition coefficient (Wildman–Crippen LogP) is 3.53. The van der Waals surface area contributed by atoms with Gasteiger partial charge in [0.15, 0.2) is 0 Å². The third-order valence-electron chi connectivity index (χ3n) is 3.51. The number of ether oxygens (including phenoxy) is 1. The van der Waals surface area contributed by atoms with Gasteiger partial charge in [0.25, 0.3) is 4.84 Å². The summed E-state index contributed by atoms with van der Waals surface area (Å²) in [6.45, 7) is 3.88. The number of aryl methyl sites for hydroxylation is 1. The van der Waals surface area contributed by atoms with Crippen molar-refractivity contribution in [1.82, 2.24) is 19.7 Å². The molecule has 0 bridgehead atoms. The van der Waals surface area contributed by atoms with Gasteiger partial charge in [0.2, 0.25) is 5.89 Å². The molecule has 25 heavy (non-hydrogen) atoms. The Morgan fingerprint density at radius 1 is 1.32 bits per heavy atom. The Hall–Kier alpha value is -2.03. The molecule has 0 aliphatic carbocycles. The Labute approximate surface area is 155 Å². The van der Waals surface area contributed by atoms with Crippen molar-refractivity contribution in [3.63, 3.8) is 0 Å². The molecule has 0 saturated heterocycles. The van der Waals surface area contributed by atoms with Crippen molar-refractivity contribution in [3.8, 4) is 5.75 Å². The van der Waals surface area contributed by atoms with Gasteiger partial charge in [-0.25, -0.2) is 9.67 Å². The summed E-state index contributed by atoms with van der Waals surface area (Å²) in [4.78, 5) is 6.88. The van der Waals surface area contributed by atoms with E-state index in [9.17, 15) is 0 Å². The summed E-state index contributed by atoms with van der Waals surface area (Å²) in [7, 11) is 1.99. The van der Waals surface area contributed by atoms with Gasteiger partial charge in [0, 0.05) is 11.9 Å². The van der Waals surface area contributed by atoms with Gasteiger partial charge in [-0.05, 0) is 38.3 Å². The fourth-order valence-corrected chi connectivity index (χ4v) is 3.10. The first-order valence-corrected chi connectivity index (χ1v) is 9.23. The fourth-order valence-electron chi connectivity index (χ4n) is 2.29. The molecule has 2 aromatic heterocycles. The lowest BCUT2D eigenvalue weighted by molar-refractivity contribution is 0.196. The maximum atomic E-state index is 5.70. The van der Waals surface area contributed by atoms with E-state index in [1.165, 1.54) is 0 Å². The van der Waals surface area contributed by atoms with Crippen LogP contribution in [0.2, 0.25) is 0 Å². The lowest BCUT2D eigenvalue weighted by Crippen LogP contribution is -2.27. The van der Waals surface area contributed by atoms with Crippen molar-refractivity contribution in [3.05, 3.63) is 57.1 Å². The van der Waals surface area contributed by atoms with Crippen LogP contribution in [-0.2, 0) is 13.1 Å². The summed E-state index contributed by atoms with van der Waals surface area (Å²) in [6.07, 6.45) is 0.557. The Balaban J connectivity index is 1.51. The Kier molecular flexibility index (Phi) is 5.95. The van der Waals surface area contributed by atoms with E-state index in [0.29, 0.717) is 30.4 Å². The zero-order valence-corrected chi connectivity index (χ0v) is 15.8. The molecule has 0 atom stereocenters. The highest BCUT2D eigenvalue weighted by molar-refractivity contribution is 7.71. The summed E-state index contributed by atoms with van der Waals surface area (Å²) in [5.74, 6) is 1.46. The minimum absolute atomic E-state index is 0.373. The van der Waals surface area contributed by atoms with Crippen LogP contribution >= 0.6 is 23.6 Å². The number of thiazole rings is 1. The van der Waals surface area contributed by atoms with Crippen LogP contribution in [-0.4, -0.2) is 39.9 Å². The molecule has 0 fully saturated rings. The molecular formula is C17H20N4O2S2. The van der Waals surface area contributed by atoms with Gasteiger partial charge in [-0.3, -0.25) is 4.90 Å². The van der Waals surface area contributed by atoms with Gasteiger partial charge in [0.05, 0.1) is 23.8 Å². The summed E-state index contributed by atoms with van der Waals surface area (Å²) >= 11 is 6.88. The third-order valence-corrected chi connectivity index (χ3v) is 4.62. The molecule has 132 valence electrons. The van der Waals surface area contributed by atoms with E-state index in [0.717, 1.165) is 23.0 Å². The molecule has 0 aliphatic rings. The van der Waals surface area contributed by atoms with Gasteiger partial charge in [0.1, 0.15) is 12.4 Å². The first-order chi connectivity index (χ1) is 12.1. The molecule has 2 heterocycles. The fraction of sp³-hybridized carbons (Fsp3) is 0.353. The molecular weight excluding hydrogens is 356 g/mol. The Bertz CT molecular complexity index is 857. The van der Waals surface area contributed by atoms with Crippen LogP contribution in [0.5, 0.6) is 5.75 Å². The highest BCUT2D eigenvalue weighted by Crippen LogP contribution is 2.13. The van der Waals surface area contributed by atoms with Crippen LogP contribution in [0.3, 0.4) is 0 Å². The van der Waals surface area contributed by atoms with Crippen LogP contribution < -0.4 is 4.74 Å². The van der Waals surface area contributed by atoms with Crippen LogP contribution in [0.15, 0.2) is 40.1 Å². The lowest BCUT2D eigenvalue weighted by atomic mass is 10.3. The Morgan fingerprint density at radius 2 is 2.12 bits per heavy atom. The van der Waals surface area contributed by atoms with Gasteiger partial charge in [-0.2, -0.15) is 0 Å². The standard InChI is InChI=1S/C17H20N4O2S2/c1-13-18-14(11-25-13)10-16-19-21(17(24)23-16)12-20(2)8-9-22-15-6-4-3-5-7-15/h3-7,11H,8-10,12H2,1-2H3. The molecule has 0 unspecified atom stereocenters. The van der Waals surface area contributed by atoms with Crippen molar-refractivity contribution >= 4 is 23.6 Å². The molecule has 0 amide bonds. The van der Waals surface area contributed by atoms with Gasteiger partial charge >= 0.3 is 0 Å². The van der Waals surface area contributed by atoms with Crippen LogP contribution in [0.25, 0.3) is 0 Å². The highest BCUT2D eigenvalue weighted by atomic mass is 32.1. The van der Waals surface area contributed by atoms with Crippen LogP contribution in [0.4, 0.5) is 0 Å². The average Bonchev–Trinajstić information content (AvgIpc) is 3.14. The number of nitrogens with zero attached hydrogens (tertiary/aromatic N) is 4. The third kappa shape index (κ3) is 5.22. The van der Waals surface area contributed by atoms with Gasteiger partial charge in [-0.15, -0.1) is 16.4 Å². The van der Waals surface area contributed by atoms with Crippen molar-refractivity contribution in [2.45, 2.75) is 20.0 Å². The molecule has 0 radical (unpaired) electrons. The van der Waals surface area contributed by atoms with Gasteiger partial charge in [-0.1, -0.05) is 18.2 Å². The summed E-state index contributed by atoms with van der Waals surface area (Å²) in [6, 6.07) is 9.77. The lowest BCUT2D eigenvalue weighted by Gasteiger charge is -2.16. The molecule has 8 heteroatoms. The molecule has 3 aromatic rings. The second-order valence-corrected chi connectivity index (χ2v) is 7.09. The quantitative estimate of drug-likeness (QED) is 0.561. The second-order valence-electron chi connectivity index (χ2n) is 5.68. The maximum Gasteiger partial charge on any atom is 0.288 e. The van der Waals surface area contributed by atoms with Crippen molar-refractivity contribution in [2.75, 3.05) is 20.2 Å². The smallest absolute Gasteiger partial charge is 0.288 e. The minimum atomic E-state index is 0.373. The maximum absolute atomic E-state index is 5.70. The Morgan fingerprint density at radius 3 is 2.84 bits per heavy atom. The minimum Gasteiger partial charge on any atom is -0.492 e. The normalized spacial score (nSPS) is 11.2. The van der Waals surface area contributed by atoms with E-state index in [4.69, 9.17) is 21.4 Å². The molecule has 0 aliphatic heterocycles. The first kappa shape index (κ1) is 17.8. The molecule has 0 spiro atoms. The second kappa shape index (κ2) is 8.37. The van der Waals surface area contributed by atoms with E-state index >= 15 is 0 Å². The van der Waals surface area contributed by atoms with Crippen molar-refractivity contribution in [1.29, 1.82) is 0 Å². The van der Waals surface area contributed by atoms with Crippen molar-refractivity contribution < 1.29 is 9.15 Å². The zero-order valence-electron chi connectivity index (χ0n) is 14.2. The van der Waals surface area contributed by atoms with E-state index < -0.39 is 0 Å². The molecule has 0 N–H and O–H groups in total. The van der Waals surface area contributed by atoms with E-state index in [1.54, 1.807) is 16.0 Å². The number of hydrogen-bond acceptors (Lipinski definition) is 7. The molecule has 1 aromatic carbocycles. The highest BCUT2D eigenvalue weighted by Gasteiger charge is 2.10. The van der Waals surface area contributed by atoms with Crippen LogP contribution in [0.1, 0.15) is 16.6 Å². The molecule has 3 rings (SSSR count). The van der Waals surface area contributed by atoms with Crippen molar-refractivity contribution in [2.24, 2.45) is 0 Å². The van der Waals surface area contributed by atoms with E-state index in [1.807, 2.05) is 49.7 Å². The number of benzene rings is 1. The number of para-hydroxylation sites is 1. The number of likely N-dealkylation sites (N-methyl/N-ethyl adjacent to an activating group) is 1.